The van der Waals surface area contributed by atoms with E-state index in [4.69, 9.17) is 5.14 Å². The summed E-state index contributed by atoms with van der Waals surface area (Å²) in [6.45, 7) is 1.64. The van der Waals surface area contributed by atoms with Crippen molar-refractivity contribution in [1.29, 1.82) is 0 Å². The van der Waals surface area contributed by atoms with E-state index in [9.17, 15) is 26.5 Å². The first-order valence-electron chi connectivity index (χ1n) is 11.0. The average Bonchev–Trinajstić information content (AvgIpc) is 3.47. The van der Waals surface area contributed by atoms with Gasteiger partial charge in [-0.1, -0.05) is 6.92 Å². The number of rotatable bonds is 6. The second kappa shape index (κ2) is 8.21. The molecule has 1 saturated carbocycles. The molecule has 14 heteroatoms. The first-order chi connectivity index (χ1) is 16.8. The molecule has 5 rings (SSSR count). The fourth-order valence-electron chi connectivity index (χ4n) is 3.84. The highest BCUT2D eigenvalue weighted by Crippen LogP contribution is 2.49. The van der Waals surface area contributed by atoms with Gasteiger partial charge in [0.2, 0.25) is 0 Å². The zero-order valence-corrected chi connectivity index (χ0v) is 19.9. The number of hydrogen-bond donors (Lipinski definition) is 1. The molecule has 1 atom stereocenters. The third-order valence-electron chi connectivity index (χ3n) is 6.15. The number of halogens is 5. The number of alkyl halides is 5. The highest BCUT2D eigenvalue weighted by atomic mass is 32.3. The molecule has 1 unspecified atom stereocenters. The van der Waals surface area contributed by atoms with Crippen molar-refractivity contribution in [3.63, 3.8) is 0 Å². The monoisotopic (exact) mass is 526 g/mol. The van der Waals surface area contributed by atoms with Crippen LogP contribution < -0.4 is 5.14 Å². The molecule has 0 spiro atoms. The highest BCUT2D eigenvalue weighted by Gasteiger charge is 2.59. The molecule has 4 aromatic heterocycles. The van der Waals surface area contributed by atoms with Crippen molar-refractivity contribution in [3.8, 4) is 22.6 Å². The van der Waals surface area contributed by atoms with E-state index in [1.807, 2.05) is 10.9 Å². The fourth-order valence-corrected chi connectivity index (χ4v) is 4.95. The Kier molecular flexibility index (Phi) is 5.61. The van der Waals surface area contributed by atoms with Gasteiger partial charge in [0.15, 0.2) is 11.5 Å². The van der Waals surface area contributed by atoms with Crippen molar-refractivity contribution in [1.82, 2.24) is 29.3 Å². The minimum Gasteiger partial charge on any atom is -0.798 e. The average molecular weight is 527 g/mol. The SMILES string of the molecule is CCS(N)([O-])c1cc(-c2cnn(C3CC3)c2)cnc1-c1nc2cc(C(F)(F)C(F)(F)F)cnc2n1C. The van der Waals surface area contributed by atoms with Gasteiger partial charge < -0.3 is 14.3 Å². The lowest BCUT2D eigenvalue weighted by atomic mass is 10.1. The third-order valence-corrected chi connectivity index (χ3v) is 8.06. The van der Waals surface area contributed by atoms with Crippen LogP contribution in [0.15, 0.2) is 41.8 Å². The van der Waals surface area contributed by atoms with E-state index >= 15 is 0 Å². The molecule has 0 aromatic carbocycles. The predicted octanol–water partition coefficient (Wildman–Crippen LogP) is 5.07. The number of pyridine rings is 2. The molecular weight excluding hydrogens is 505 g/mol. The summed E-state index contributed by atoms with van der Waals surface area (Å²) in [7, 11) is -1.59. The van der Waals surface area contributed by atoms with Gasteiger partial charge in [0.1, 0.15) is 11.2 Å². The van der Waals surface area contributed by atoms with Crippen LogP contribution in [-0.2, 0) is 13.0 Å². The van der Waals surface area contributed by atoms with Gasteiger partial charge in [-0.05, 0) is 30.7 Å². The second-order valence-corrected chi connectivity index (χ2v) is 11.1. The van der Waals surface area contributed by atoms with Gasteiger partial charge in [-0.2, -0.15) is 27.1 Å². The van der Waals surface area contributed by atoms with Crippen LogP contribution in [0.1, 0.15) is 31.4 Å². The number of imidazole rings is 1. The molecule has 0 aliphatic heterocycles. The Morgan fingerprint density at radius 3 is 2.44 bits per heavy atom. The van der Waals surface area contributed by atoms with Gasteiger partial charge in [-0.15, -0.1) is 0 Å². The molecule has 192 valence electrons. The van der Waals surface area contributed by atoms with Gasteiger partial charge in [0.05, 0.1) is 17.8 Å². The zero-order valence-electron chi connectivity index (χ0n) is 19.1. The lowest BCUT2D eigenvalue weighted by Gasteiger charge is -2.43. The quantitative estimate of drug-likeness (QED) is 0.351. The predicted molar refractivity (Wildman–Crippen MR) is 123 cm³/mol. The van der Waals surface area contributed by atoms with Gasteiger partial charge in [0.25, 0.3) is 0 Å². The van der Waals surface area contributed by atoms with Gasteiger partial charge in [0, 0.05) is 41.7 Å². The first kappa shape index (κ1) is 24.6. The Hall–Kier alpha value is -3.10. The van der Waals surface area contributed by atoms with Gasteiger partial charge >= 0.3 is 12.1 Å². The minimum atomic E-state index is -5.79. The Morgan fingerprint density at radius 2 is 1.81 bits per heavy atom. The van der Waals surface area contributed by atoms with Gasteiger partial charge in [-0.3, -0.25) is 9.67 Å². The number of aryl methyl sites for hydroxylation is 1. The Labute approximate surface area is 203 Å². The lowest BCUT2D eigenvalue weighted by molar-refractivity contribution is -0.289. The van der Waals surface area contributed by atoms with Crippen molar-refractivity contribution in [2.75, 3.05) is 5.75 Å². The van der Waals surface area contributed by atoms with E-state index < -0.39 is 28.2 Å². The van der Waals surface area contributed by atoms with Crippen LogP contribution in [0.25, 0.3) is 33.8 Å². The number of hydrogen-bond acceptors (Lipinski definition) is 6. The highest BCUT2D eigenvalue weighted by molar-refractivity contribution is 8.27. The Balaban J connectivity index is 1.63. The molecule has 1 aliphatic carbocycles. The molecule has 4 heterocycles. The van der Waals surface area contributed by atoms with Crippen LogP contribution in [0.3, 0.4) is 0 Å². The van der Waals surface area contributed by atoms with Crippen molar-refractivity contribution < 1.29 is 26.5 Å². The molecule has 0 radical (unpaired) electrons. The van der Waals surface area contributed by atoms with E-state index in [2.05, 4.69) is 20.1 Å². The maximum atomic E-state index is 13.9. The standard InChI is InChI=1S/C22H22F5N7OS/c1-3-36(28,35)17-6-12(13-9-31-34(11-13)15-4-5-15)8-29-18(17)20-32-16-7-14(10-30-19(16)33(20)2)21(23,24)22(25,26)27/h6-11,15,35H,3-5,28H2,1-2H3/p-1. The number of nitrogens with zero attached hydrogens (tertiary/aromatic N) is 6. The van der Waals surface area contributed by atoms with Gasteiger partial charge in [-0.25, -0.2) is 20.5 Å². The van der Waals surface area contributed by atoms with Crippen LogP contribution in [0, 0.1) is 0 Å². The molecule has 0 amide bonds. The zero-order chi connectivity index (χ0) is 26.0. The summed E-state index contributed by atoms with van der Waals surface area (Å²) in [6, 6.07) is 2.62. The van der Waals surface area contributed by atoms with Crippen LogP contribution >= 0.6 is 10.5 Å². The second-order valence-electron chi connectivity index (χ2n) is 8.66. The van der Waals surface area contributed by atoms with E-state index in [1.165, 1.54) is 17.8 Å². The molecule has 0 saturated heterocycles. The summed E-state index contributed by atoms with van der Waals surface area (Å²) in [5, 5.41) is 10.5. The van der Waals surface area contributed by atoms with Crippen molar-refractivity contribution in [2.24, 2.45) is 12.2 Å². The minimum absolute atomic E-state index is 0.0503. The van der Waals surface area contributed by atoms with Crippen molar-refractivity contribution >= 4 is 21.7 Å². The first-order valence-corrected chi connectivity index (χ1v) is 12.7. The fraction of sp³-hybridized carbons (Fsp3) is 0.364. The van der Waals surface area contributed by atoms with E-state index in [0.29, 0.717) is 23.9 Å². The normalized spacial score (nSPS) is 17.4. The summed E-state index contributed by atoms with van der Waals surface area (Å²) in [5.41, 5.74) is 0.00748. The smallest absolute Gasteiger partial charge is 0.458 e. The number of aromatic nitrogens is 6. The largest absolute Gasteiger partial charge is 0.798 e. The van der Waals surface area contributed by atoms with Crippen LogP contribution in [-0.4, -0.2) is 45.8 Å². The van der Waals surface area contributed by atoms with E-state index in [0.717, 1.165) is 18.4 Å². The Morgan fingerprint density at radius 1 is 1.08 bits per heavy atom. The van der Waals surface area contributed by atoms with Crippen LogP contribution in [0.5, 0.6) is 0 Å². The third kappa shape index (κ3) is 4.02. The molecule has 2 N–H and O–H groups in total. The molecule has 4 aromatic rings. The lowest BCUT2D eigenvalue weighted by Crippen LogP contribution is -2.33. The molecule has 1 fully saturated rings. The van der Waals surface area contributed by atoms with Crippen LogP contribution in [0.4, 0.5) is 22.0 Å². The molecule has 8 nitrogen and oxygen atoms in total. The molecule has 36 heavy (non-hydrogen) atoms. The molecular formula is C22H21F5N7OS-. The summed E-state index contributed by atoms with van der Waals surface area (Å²) < 4.78 is 82.9. The summed E-state index contributed by atoms with van der Waals surface area (Å²) >= 11 is 0. The molecule has 0 bridgehead atoms. The summed E-state index contributed by atoms with van der Waals surface area (Å²) in [6.07, 6.45) is 1.83. The van der Waals surface area contributed by atoms with Crippen LogP contribution in [0.2, 0.25) is 0 Å². The number of nitrogens with two attached hydrogens (primary N) is 1. The van der Waals surface area contributed by atoms with Crippen molar-refractivity contribution in [2.45, 2.75) is 42.8 Å². The van der Waals surface area contributed by atoms with E-state index in [-0.39, 0.29) is 33.3 Å². The number of fused-ring (bicyclic) bond motifs is 1. The molecule has 1 aliphatic rings. The maximum absolute atomic E-state index is 13.9. The summed E-state index contributed by atoms with van der Waals surface area (Å²) in [5.74, 6) is -4.95. The van der Waals surface area contributed by atoms with E-state index in [1.54, 1.807) is 19.2 Å². The summed E-state index contributed by atoms with van der Waals surface area (Å²) in [4.78, 5) is 12.6. The Bertz CT molecular complexity index is 1460. The topological polar surface area (TPSA) is 110 Å². The maximum Gasteiger partial charge on any atom is 0.458 e. The van der Waals surface area contributed by atoms with Crippen molar-refractivity contribution in [3.05, 3.63) is 42.5 Å².